The third kappa shape index (κ3) is 6.27. The number of carbonyl (C=O) groups is 2. The number of aryl methyl sites for hydroxylation is 1. The summed E-state index contributed by atoms with van der Waals surface area (Å²) in [5, 5.41) is 8.71. The van der Waals surface area contributed by atoms with E-state index in [4.69, 9.17) is 14.6 Å². The van der Waals surface area contributed by atoms with Crippen LogP contribution < -0.4 is 9.47 Å². The first-order valence-electron chi connectivity index (χ1n) is 9.16. The number of rotatable bonds is 8. The van der Waals surface area contributed by atoms with Crippen molar-refractivity contribution in [2.75, 3.05) is 7.11 Å². The first-order valence-corrected chi connectivity index (χ1v) is 9.16. The summed E-state index contributed by atoms with van der Waals surface area (Å²) in [6.07, 6.45) is 3.65. The lowest BCUT2D eigenvalue weighted by Gasteiger charge is -2.12. The fourth-order valence-corrected chi connectivity index (χ4v) is 2.91. The molecule has 0 aromatic heterocycles. The van der Waals surface area contributed by atoms with Gasteiger partial charge in [0, 0.05) is 6.08 Å². The average molecular weight is 382 g/mol. The van der Waals surface area contributed by atoms with Crippen molar-refractivity contribution in [2.24, 2.45) is 5.92 Å². The van der Waals surface area contributed by atoms with Crippen LogP contribution in [0.15, 0.2) is 42.5 Å². The summed E-state index contributed by atoms with van der Waals surface area (Å²) in [7, 11) is 1.47. The third-order valence-electron chi connectivity index (χ3n) is 4.22. The van der Waals surface area contributed by atoms with Crippen molar-refractivity contribution in [2.45, 2.75) is 33.6 Å². The first-order chi connectivity index (χ1) is 13.3. The van der Waals surface area contributed by atoms with Gasteiger partial charge in [0.25, 0.3) is 0 Å². The molecule has 0 fully saturated rings. The second kappa shape index (κ2) is 9.74. The van der Waals surface area contributed by atoms with Crippen LogP contribution in [0.25, 0.3) is 6.08 Å². The number of hydrogen-bond donors (Lipinski definition) is 1. The van der Waals surface area contributed by atoms with Gasteiger partial charge in [-0.25, -0.2) is 4.79 Å². The number of carbonyl (C=O) groups excluding carboxylic acids is 1. The standard InChI is InChI=1S/C23H26O5/c1-15(2)11-18-5-8-19(16(3)12-18)14-23(26)28-20-9-6-17(7-10-22(24)25)13-21(20)27-4/h5-10,12-13,15H,11,14H2,1-4H3,(H,24,25). The lowest BCUT2D eigenvalue weighted by molar-refractivity contribution is -0.134. The van der Waals surface area contributed by atoms with Gasteiger partial charge in [-0.2, -0.15) is 0 Å². The Kier molecular flexibility index (Phi) is 7.38. The van der Waals surface area contributed by atoms with E-state index in [0.29, 0.717) is 23.0 Å². The molecule has 0 amide bonds. The van der Waals surface area contributed by atoms with Gasteiger partial charge in [-0.15, -0.1) is 0 Å². The minimum atomic E-state index is -1.04. The highest BCUT2D eigenvalue weighted by molar-refractivity contribution is 5.85. The molecule has 0 aliphatic heterocycles. The fraction of sp³-hybridized carbons (Fsp3) is 0.304. The monoisotopic (exact) mass is 382 g/mol. The highest BCUT2D eigenvalue weighted by Gasteiger charge is 2.13. The minimum absolute atomic E-state index is 0.164. The molecular formula is C23H26O5. The summed E-state index contributed by atoms with van der Waals surface area (Å²) in [5.74, 6) is -0.175. The van der Waals surface area contributed by atoms with Crippen LogP contribution >= 0.6 is 0 Å². The summed E-state index contributed by atoms with van der Waals surface area (Å²) < 4.78 is 10.7. The molecule has 0 bridgehead atoms. The van der Waals surface area contributed by atoms with Crippen molar-refractivity contribution < 1.29 is 24.2 Å². The summed E-state index contributed by atoms with van der Waals surface area (Å²) in [6, 6.07) is 11.0. The van der Waals surface area contributed by atoms with Crippen molar-refractivity contribution in [3.8, 4) is 11.5 Å². The van der Waals surface area contributed by atoms with Gasteiger partial charge in [0.05, 0.1) is 13.5 Å². The van der Waals surface area contributed by atoms with Gasteiger partial charge in [-0.1, -0.05) is 38.1 Å². The molecule has 0 unspecified atom stereocenters. The zero-order valence-corrected chi connectivity index (χ0v) is 16.7. The van der Waals surface area contributed by atoms with Crippen LogP contribution in [0, 0.1) is 12.8 Å². The van der Waals surface area contributed by atoms with Gasteiger partial charge in [-0.3, -0.25) is 4.79 Å². The van der Waals surface area contributed by atoms with Crippen molar-refractivity contribution in [1.29, 1.82) is 0 Å². The number of benzene rings is 2. The van der Waals surface area contributed by atoms with Gasteiger partial charge < -0.3 is 14.6 Å². The number of esters is 1. The molecule has 2 rings (SSSR count). The van der Waals surface area contributed by atoms with Crippen molar-refractivity contribution in [1.82, 2.24) is 0 Å². The van der Waals surface area contributed by atoms with E-state index in [9.17, 15) is 9.59 Å². The third-order valence-corrected chi connectivity index (χ3v) is 4.22. The maximum atomic E-state index is 12.4. The van der Waals surface area contributed by atoms with Crippen LogP contribution in [0.3, 0.4) is 0 Å². The molecule has 0 atom stereocenters. The normalized spacial score (nSPS) is 11.0. The molecule has 0 radical (unpaired) electrons. The van der Waals surface area contributed by atoms with Crippen LogP contribution in [-0.4, -0.2) is 24.2 Å². The molecule has 0 spiro atoms. The van der Waals surface area contributed by atoms with E-state index in [1.165, 1.54) is 18.7 Å². The highest BCUT2D eigenvalue weighted by Crippen LogP contribution is 2.29. The Bertz CT molecular complexity index is 881. The van der Waals surface area contributed by atoms with Gasteiger partial charge >= 0.3 is 11.9 Å². The SMILES string of the molecule is COc1cc(C=CC(=O)O)ccc1OC(=O)Cc1ccc(CC(C)C)cc1C. The summed E-state index contributed by atoms with van der Waals surface area (Å²) in [5.41, 5.74) is 3.89. The van der Waals surface area contributed by atoms with E-state index in [0.717, 1.165) is 23.6 Å². The lowest BCUT2D eigenvalue weighted by Crippen LogP contribution is -2.13. The van der Waals surface area contributed by atoms with Crippen LogP contribution in [0.1, 0.15) is 36.1 Å². The predicted octanol–water partition coefficient (Wildman–Crippen LogP) is 4.45. The van der Waals surface area contributed by atoms with E-state index in [1.54, 1.807) is 18.2 Å². The summed E-state index contributed by atoms with van der Waals surface area (Å²) in [6.45, 7) is 6.35. The molecule has 0 saturated heterocycles. The molecule has 148 valence electrons. The molecule has 28 heavy (non-hydrogen) atoms. The van der Waals surface area contributed by atoms with Gasteiger partial charge in [0.15, 0.2) is 11.5 Å². The highest BCUT2D eigenvalue weighted by atomic mass is 16.6. The molecule has 5 heteroatoms. The Morgan fingerprint density at radius 2 is 1.86 bits per heavy atom. The molecule has 0 heterocycles. The van der Waals surface area contributed by atoms with Crippen molar-refractivity contribution >= 4 is 18.0 Å². The predicted molar refractivity (Wildman–Crippen MR) is 109 cm³/mol. The Labute approximate surface area is 165 Å². The fourth-order valence-electron chi connectivity index (χ4n) is 2.91. The minimum Gasteiger partial charge on any atom is -0.493 e. The van der Waals surface area contributed by atoms with Crippen LogP contribution in [0.2, 0.25) is 0 Å². The van der Waals surface area contributed by atoms with Crippen molar-refractivity contribution in [3.63, 3.8) is 0 Å². The Hall–Kier alpha value is -3.08. The largest absolute Gasteiger partial charge is 0.493 e. The molecule has 2 aromatic carbocycles. The lowest BCUT2D eigenvalue weighted by atomic mass is 9.97. The van der Waals surface area contributed by atoms with E-state index >= 15 is 0 Å². The van der Waals surface area contributed by atoms with E-state index < -0.39 is 5.97 Å². The summed E-state index contributed by atoms with van der Waals surface area (Å²) in [4.78, 5) is 23.0. The van der Waals surface area contributed by atoms with Gasteiger partial charge in [-0.05, 0) is 59.7 Å². The molecule has 0 saturated carbocycles. The maximum Gasteiger partial charge on any atom is 0.328 e. The van der Waals surface area contributed by atoms with Crippen LogP contribution in [0.4, 0.5) is 0 Å². The number of ether oxygens (including phenoxy) is 2. The van der Waals surface area contributed by atoms with Crippen LogP contribution in [-0.2, 0) is 22.4 Å². The van der Waals surface area contributed by atoms with E-state index in [2.05, 4.69) is 26.0 Å². The molecule has 0 aliphatic carbocycles. The number of carboxylic acid groups (broad SMARTS) is 1. The number of aliphatic carboxylic acids is 1. The van der Waals surface area contributed by atoms with E-state index in [-0.39, 0.29) is 12.4 Å². The molecule has 0 aliphatic rings. The van der Waals surface area contributed by atoms with Crippen LogP contribution in [0.5, 0.6) is 11.5 Å². The number of hydrogen-bond acceptors (Lipinski definition) is 4. The molecule has 2 aromatic rings. The second-order valence-corrected chi connectivity index (χ2v) is 7.09. The topological polar surface area (TPSA) is 72.8 Å². The summed E-state index contributed by atoms with van der Waals surface area (Å²) >= 11 is 0. The Morgan fingerprint density at radius 3 is 2.46 bits per heavy atom. The zero-order valence-electron chi connectivity index (χ0n) is 16.7. The second-order valence-electron chi connectivity index (χ2n) is 7.09. The molecule has 1 N–H and O–H groups in total. The number of methoxy groups -OCH3 is 1. The Balaban J connectivity index is 2.09. The smallest absolute Gasteiger partial charge is 0.328 e. The average Bonchev–Trinajstić information content (AvgIpc) is 2.62. The van der Waals surface area contributed by atoms with Gasteiger partial charge in [0.2, 0.25) is 0 Å². The quantitative estimate of drug-likeness (QED) is 0.415. The van der Waals surface area contributed by atoms with E-state index in [1.807, 2.05) is 13.0 Å². The first kappa shape index (κ1) is 21.2. The molecular weight excluding hydrogens is 356 g/mol. The maximum absolute atomic E-state index is 12.4. The molecule has 5 nitrogen and oxygen atoms in total. The van der Waals surface area contributed by atoms with Crippen molar-refractivity contribution in [3.05, 3.63) is 64.7 Å². The Morgan fingerprint density at radius 1 is 1.11 bits per heavy atom. The zero-order chi connectivity index (χ0) is 20.7. The van der Waals surface area contributed by atoms with Gasteiger partial charge in [0.1, 0.15) is 0 Å². The number of carboxylic acids is 1.